The van der Waals surface area contributed by atoms with Crippen LogP contribution in [-0.4, -0.2) is 22.3 Å². The molecule has 0 aliphatic carbocycles. The van der Waals surface area contributed by atoms with Gasteiger partial charge < -0.3 is 0 Å². The van der Waals surface area contributed by atoms with Crippen molar-refractivity contribution in [2.75, 3.05) is 11.5 Å². The lowest BCUT2D eigenvalue weighted by molar-refractivity contribution is 0.102. The van der Waals surface area contributed by atoms with Gasteiger partial charge in [0.05, 0.1) is 11.3 Å². The highest BCUT2D eigenvalue weighted by molar-refractivity contribution is 7.99. The van der Waals surface area contributed by atoms with E-state index in [-0.39, 0.29) is 5.78 Å². The highest BCUT2D eigenvalue weighted by Crippen LogP contribution is 2.15. The number of carbonyl (C=O) groups is 1. The zero-order valence-corrected chi connectivity index (χ0v) is 10.7. The van der Waals surface area contributed by atoms with Crippen molar-refractivity contribution in [3.8, 4) is 0 Å². The molecule has 0 aliphatic rings. The first-order chi connectivity index (χ1) is 8.31. The highest BCUT2D eigenvalue weighted by Gasteiger charge is 2.06. The van der Waals surface area contributed by atoms with E-state index < -0.39 is 0 Å². The zero-order valence-electron chi connectivity index (χ0n) is 9.85. The van der Waals surface area contributed by atoms with Gasteiger partial charge >= 0.3 is 0 Å². The Morgan fingerprint density at radius 1 is 1.35 bits per heavy atom. The van der Waals surface area contributed by atoms with E-state index in [1.165, 1.54) is 0 Å². The van der Waals surface area contributed by atoms with Crippen molar-refractivity contribution in [2.24, 2.45) is 0 Å². The van der Waals surface area contributed by atoms with E-state index in [1.807, 2.05) is 30.3 Å². The first-order valence-electron chi connectivity index (χ1n) is 5.77. The maximum absolute atomic E-state index is 11.9. The molecule has 1 heterocycles. The molecule has 1 aromatic heterocycles. The standard InChI is InChI=1S/C14H15NOS/c1-2-8-17-10-14(16)12-6-5-11-4-3-7-15-13(11)9-12/h3-7,9H,2,8,10H2,1H3. The number of hydrogen-bond acceptors (Lipinski definition) is 3. The smallest absolute Gasteiger partial charge is 0.172 e. The summed E-state index contributed by atoms with van der Waals surface area (Å²) in [6.45, 7) is 2.12. The lowest BCUT2D eigenvalue weighted by Gasteiger charge is -2.02. The monoisotopic (exact) mass is 245 g/mol. The summed E-state index contributed by atoms with van der Waals surface area (Å²) >= 11 is 1.69. The summed E-state index contributed by atoms with van der Waals surface area (Å²) in [5, 5.41) is 1.07. The number of nitrogens with zero attached hydrogens (tertiary/aromatic N) is 1. The summed E-state index contributed by atoms with van der Waals surface area (Å²) in [5.41, 5.74) is 1.65. The Labute approximate surface area is 105 Å². The van der Waals surface area contributed by atoms with Gasteiger partial charge in [-0.25, -0.2) is 0 Å². The largest absolute Gasteiger partial charge is 0.293 e. The van der Waals surface area contributed by atoms with Crippen molar-refractivity contribution < 1.29 is 4.79 Å². The molecule has 0 saturated heterocycles. The summed E-state index contributed by atoms with van der Waals surface area (Å²) in [4.78, 5) is 16.2. The molecule has 0 N–H and O–H groups in total. The number of thioether (sulfide) groups is 1. The second-order valence-electron chi connectivity index (χ2n) is 3.89. The van der Waals surface area contributed by atoms with Crippen LogP contribution in [0.1, 0.15) is 23.7 Å². The lowest BCUT2D eigenvalue weighted by Crippen LogP contribution is -2.02. The van der Waals surface area contributed by atoms with Gasteiger partial charge in [0.15, 0.2) is 5.78 Å². The van der Waals surface area contributed by atoms with Crippen molar-refractivity contribution in [1.82, 2.24) is 4.98 Å². The first kappa shape index (κ1) is 12.1. The summed E-state index contributed by atoms with van der Waals surface area (Å²) in [6, 6.07) is 9.63. The number of fused-ring (bicyclic) bond motifs is 1. The number of pyridine rings is 1. The third-order valence-electron chi connectivity index (χ3n) is 2.51. The van der Waals surface area contributed by atoms with Gasteiger partial charge in [-0.2, -0.15) is 11.8 Å². The summed E-state index contributed by atoms with van der Waals surface area (Å²) in [6.07, 6.45) is 2.86. The number of ketones is 1. The van der Waals surface area contributed by atoms with E-state index in [0.717, 1.165) is 28.6 Å². The number of benzene rings is 1. The minimum Gasteiger partial charge on any atom is -0.293 e. The van der Waals surface area contributed by atoms with E-state index in [9.17, 15) is 4.79 Å². The van der Waals surface area contributed by atoms with Crippen LogP contribution in [0.15, 0.2) is 36.5 Å². The molecule has 0 bridgehead atoms. The van der Waals surface area contributed by atoms with Crippen molar-refractivity contribution >= 4 is 28.4 Å². The Bertz CT molecular complexity index is 524. The van der Waals surface area contributed by atoms with Gasteiger partial charge in [0, 0.05) is 17.1 Å². The molecule has 0 spiro atoms. The van der Waals surface area contributed by atoms with Crippen molar-refractivity contribution in [2.45, 2.75) is 13.3 Å². The second kappa shape index (κ2) is 5.82. The third kappa shape index (κ3) is 3.07. The van der Waals surface area contributed by atoms with Crippen LogP contribution in [0, 0.1) is 0 Å². The Morgan fingerprint density at radius 2 is 2.24 bits per heavy atom. The molecule has 2 nitrogen and oxygen atoms in total. The van der Waals surface area contributed by atoms with Crippen molar-refractivity contribution in [3.63, 3.8) is 0 Å². The average molecular weight is 245 g/mol. The van der Waals surface area contributed by atoms with Crippen LogP contribution in [0.2, 0.25) is 0 Å². The molecule has 2 aromatic rings. The molecular weight excluding hydrogens is 230 g/mol. The van der Waals surface area contributed by atoms with Crippen LogP contribution in [0.5, 0.6) is 0 Å². The van der Waals surface area contributed by atoms with Gasteiger partial charge in [0.25, 0.3) is 0 Å². The van der Waals surface area contributed by atoms with Gasteiger partial charge in [-0.3, -0.25) is 9.78 Å². The minimum atomic E-state index is 0.191. The van der Waals surface area contributed by atoms with Crippen LogP contribution in [0.25, 0.3) is 10.9 Å². The third-order valence-corrected chi connectivity index (χ3v) is 3.67. The molecule has 1 aromatic carbocycles. The van der Waals surface area contributed by atoms with Crippen LogP contribution in [0.3, 0.4) is 0 Å². The zero-order chi connectivity index (χ0) is 12.1. The summed E-state index contributed by atoms with van der Waals surface area (Å²) < 4.78 is 0. The highest BCUT2D eigenvalue weighted by atomic mass is 32.2. The molecule has 88 valence electrons. The molecule has 0 aliphatic heterocycles. The van der Waals surface area contributed by atoms with Gasteiger partial charge in [0.1, 0.15) is 0 Å². The van der Waals surface area contributed by atoms with E-state index >= 15 is 0 Å². The molecule has 0 atom stereocenters. The summed E-state index contributed by atoms with van der Waals surface area (Å²) in [5.74, 6) is 1.79. The molecular formula is C14H15NOS. The Hall–Kier alpha value is -1.35. The molecule has 2 rings (SSSR count). The molecule has 0 fully saturated rings. The molecule has 3 heteroatoms. The van der Waals surface area contributed by atoms with Gasteiger partial charge in [-0.1, -0.05) is 25.1 Å². The Kier molecular flexibility index (Phi) is 4.15. The fourth-order valence-corrected chi connectivity index (χ4v) is 2.42. The van der Waals surface area contributed by atoms with Crippen LogP contribution in [-0.2, 0) is 0 Å². The van der Waals surface area contributed by atoms with E-state index in [4.69, 9.17) is 0 Å². The number of carbonyl (C=O) groups excluding carboxylic acids is 1. The number of Topliss-reactive ketones (excluding diaryl/α,β-unsaturated/α-hetero) is 1. The number of hydrogen-bond donors (Lipinski definition) is 0. The SMILES string of the molecule is CCCSCC(=O)c1ccc2cccnc2c1. The van der Waals surface area contributed by atoms with Crippen LogP contribution in [0.4, 0.5) is 0 Å². The van der Waals surface area contributed by atoms with Crippen LogP contribution >= 0.6 is 11.8 Å². The summed E-state index contributed by atoms with van der Waals surface area (Å²) in [7, 11) is 0. The number of aromatic nitrogens is 1. The predicted molar refractivity (Wildman–Crippen MR) is 73.7 cm³/mol. The molecule has 0 amide bonds. The van der Waals surface area contributed by atoms with Gasteiger partial charge in [-0.05, 0) is 24.3 Å². The average Bonchev–Trinajstić information content (AvgIpc) is 2.38. The van der Waals surface area contributed by atoms with E-state index in [2.05, 4.69) is 11.9 Å². The maximum atomic E-state index is 11.9. The van der Waals surface area contributed by atoms with Crippen molar-refractivity contribution in [3.05, 3.63) is 42.1 Å². The number of rotatable bonds is 5. The molecule has 0 saturated carbocycles. The minimum absolute atomic E-state index is 0.191. The van der Waals surface area contributed by atoms with Gasteiger partial charge in [-0.15, -0.1) is 0 Å². The second-order valence-corrected chi connectivity index (χ2v) is 4.99. The topological polar surface area (TPSA) is 30.0 Å². The van der Waals surface area contributed by atoms with E-state index in [1.54, 1.807) is 18.0 Å². The first-order valence-corrected chi connectivity index (χ1v) is 6.92. The molecule has 0 radical (unpaired) electrons. The lowest BCUT2D eigenvalue weighted by atomic mass is 10.1. The molecule has 0 unspecified atom stereocenters. The maximum Gasteiger partial charge on any atom is 0.172 e. The van der Waals surface area contributed by atoms with Gasteiger partial charge in [0.2, 0.25) is 0 Å². The molecule has 17 heavy (non-hydrogen) atoms. The normalized spacial score (nSPS) is 10.6. The van der Waals surface area contributed by atoms with Crippen molar-refractivity contribution in [1.29, 1.82) is 0 Å². The fraction of sp³-hybridized carbons (Fsp3) is 0.286. The quantitative estimate of drug-likeness (QED) is 0.596. The Balaban J connectivity index is 2.15. The van der Waals surface area contributed by atoms with E-state index in [0.29, 0.717) is 5.75 Å². The van der Waals surface area contributed by atoms with Crippen LogP contribution < -0.4 is 0 Å². The Morgan fingerprint density at radius 3 is 3.06 bits per heavy atom. The fourth-order valence-electron chi connectivity index (χ4n) is 1.63. The predicted octanol–water partition coefficient (Wildman–Crippen LogP) is 3.56.